The second-order valence-corrected chi connectivity index (χ2v) is 10.9. The van der Waals surface area contributed by atoms with E-state index in [0.29, 0.717) is 13.2 Å². The van der Waals surface area contributed by atoms with Crippen molar-refractivity contribution in [1.29, 1.82) is 0 Å². The number of rotatable bonds is 7. The summed E-state index contributed by atoms with van der Waals surface area (Å²) >= 11 is 0. The van der Waals surface area contributed by atoms with Crippen LogP contribution in [0.5, 0.6) is 11.5 Å². The van der Waals surface area contributed by atoms with Crippen LogP contribution in [0, 0.1) is 0 Å². The van der Waals surface area contributed by atoms with Gasteiger partial charge in [-0.1, -0.05) is 43.3 Å². The van der Waals surface area contributed by atoms with Crippen LogP contribution in [-0.4, -0.2) is 61.8 Å². The largest absolute Gasteiger partial charge is 0.457 e. The number of para-hydroxylation sites is 2. The van der Waals surface area contributed by atoms with Gasteiger partial charge >= 0.3 is 0 Å². The first-order valence-electron chi connectivity index (χ1n) is 11.5. The average molecular weight is 459 g/mol. The van der Waals surface area contributed by atoms with Gasteiger partial charge in [0.25, 0.3) is 0 Å². The van der Waals surface area contributed by atoms with Crippen LogP contribution >= 0.6 is 0 Å². The minimum absolute atomic E-state index is 0.0373. The third-order valence-corrected chi connectivity index (χ3v) is 8.13. The van der Waals surface area contributed by atoms with Gasteiger partial charge in [0.1, 0.15) is 11.5 Å². The fourth-order valence-electron chi connectivity index (χ4n) is 5.07. The van der Waals surface area contributed by atoms with Gasteiger partial charge in [0, 0.05) is 44.4 Å². The fraction of sp³-hybridized carbons (Fsp3) is 0.520. The Balaban J connectivity index is 1.38. The third-order valence-electron chi connectivity index (χ3n) is 6.72. The van der Waals surface area contributed by atoms with Crippen LogP contribution in [0.4, 0.5) is 0 Å². The highest BCUT2D eigenvalue weighted by atomic mass is 32.2. The fourth-order valence-corrected chi connectivity index (χ4v) is 6.26. The summed E-state index contributed by atoms with van der Waals surface area (Å²) in [7, 11) is -3.20. The highest BCUT2D eigenvalue weighted by Crippen LogP contribution is 2.38. The lowest BCUT2D eigenvalue weighted by molar-refractivity contribution is -0.127. The summed E-state index contributed by atoms with van der Waals surface area (Å²) < 4.78 is 38.5. The summed E-state index contributed by atoms with van der Waals surface area (Å²) in [5, 5.41) is 0. The van der Waals surface area contributed by atoms with E-state index < -0.39 is 10.0 Å². The van der Waals surface area contributed by atoms with Crippen LogP contribution in [0.15, 0.2) is 54.6 Å². The van der Waals surface area contributed by atoms with Crippen LogP contribution in [-0.2, 0) is 21.3 Å². The topological polar surface area (TPSA) is 59.1 Å². The van der Waals surface area contributed by atoms with Crippen molar-refractivity contribution in [1.82, 2.24) is 9.21 Å². The van der Waals surface area contributed by atoms with Crippen molar-refractivity contribution >= 4 is 10.0 Å². The molecule has 0 bridgehead atoms. The van der Waals surface area contributed by atoms with Crippen LogP contribution in [0.3, 0.4) is 0 Å². The Bertz CT molecular complexity index is 988. The zero-order chi connectivity index (χ0) is 22.6. The van der Waals surface area contributed by atoms with Crippen molar-refractivity contribution in [3.63, 3.8) is 0 Å². The molecule has 0 amide bonds. The second kappa shape index (κ2) is 9.91. The maximum absolute atomic E-state index is 12.2. The summed E-state index contributed by atoms with van der Waals surface area (Å²) in [5.41, 5.74) is 0.960. The monoisotopic (exact) mass is 458 g/mol. The molecule has 2 aliphatic rings. The molecule has 7 heteroatoms. The molecule has 2 fully saturated rings. The number of benzene rings is 2. The van der Waals surface area contributed by atoms with Gasteiger partial charge in [0.05, 0.1) is 11.9 Å². The highest BCUT2D eigenvalue weighted by molar-refractivity contribution is 7.88. The molecule has 2 aromatic carbocycles. The van der Waals surface area contributed by atoms with Gasteiger partial charge in [-0.3, -0.25) is 4.90 Å². The van der Waals surface area contributed by atoms with Crippen LogP contribution < -0.4 is 4.74 Å². The first kappa shape index (κ1) is 23.2. The molecule has 2 aromatic rings. The lowest BCUT2D eigenvalue weighted by Crippen LogP contribution is -2.54. The molecule has 2 saturated heterocycles. The van der Waals surface area contributed by atoms with Gasteiger partial charge in [0.2, 0.25) is 10.0 Å². The maximum Gasteiger partial charge on any atom is 0.211 e. The molecule has 2 heterocycles. The molecule has 0 saturated carbocycles. The number of sulfonamides is 1. The highest BCUT2D eigenvalue weighted by Gasteiger charge is 2.43. The molecule has 1 spiro atoms. The number of likely N-dealkylation sites (tertiary alicyclic amines) is 1. The van der Waals surface area contributed by atoms with E-state index in [2.05, 4.69) is 17.0 Å². The van der Waals surface area contributed by atoms with Crippen LogP contribution in [0.25, 0.3) is 0 Å². The van der Waals surface area contributed by atoms with Crippen molar-refractivity contribution in [2.24, 2.45) is 0 Å². The van der Waals surface area contributed by atoms with E-state index in [1.807, 2.05) is 49.4 Å². The first-order valence-corrected chi connectivity index (χ1v) is 13.4. The summed E-state index contributed by atoms with van der Waals surface area (Å²) in [6.07, 6.45) is 4.72. The molecule has 4 rings (SSSR count). The van der Waals surface area contributed by atoms with Crippen molar-refractivity contribution in [2.75, 3.05) is 32.5 Å². The van der Waals surface area contributed by atoms with Crippen molar-refractivity contribution in [3.8, 4) is 11.5 Å². The van der Waals surface area contributed by atoms with Gasteiger partial charge < -0.3 is 9.47 Å². The molecule has 6 nitrogen and oxygen atoms in total. The molecule has 0 aromatic heterocycles. The smallest absolute Gasteiger partial charge is 0.211 e. The number of piperidine rings is 1. The minimum atomic E-state index is -3.20. The predicted octanol–water partition coefficient (Wildman–Crippen LogP) is 4.27. The second-order valence-electron chi connectivity index (χ2n) is 8.94. The minimum Gasteiger partial charge on any atom is -0.457 e. The summed E-state index contributed by atoms with van der Waals surface area (Å²) in [6, 6.07) is 18.1. The predicted molar refractivity (Wildman–Crippen MR) is 126 cm³/mol. The lowest BCUT2D eigenvalue weighted by Gasteiger charge is -2.48. The van der Waals surface area contributed by atoms with Crippen LogP contribution in [0.1, 0.15) is 38.2 Å². The standard InChI is InChI=1S/C25H34N2O4S/c1-3-27(32(2,28)29)22-13-18-30-25(19-22)14-16-26(17-15-25)20-21-9-7-8-12-24(21)31-23-10-5-4-6-11-23/h4-12,22H,3,13-20H2,1-2H3/t22-/m0/s1. The van der Waals surface area contributed by atoms with Crippen molar-refractivity contribution < 1.29 is 17.9 Å². The molecule has 2 aliphatic heterocycles. The zero-order valence-corrected chi connectivity index (χ0v) is 19.9. The van der Waals surface area contributed by atoms with Crippen molar-refractivity contribution in [2.45, 2.75) is 50.8 Å². The summed E-state index contributed by atoms with van der Waals surface area (Å²) in [6.45, 7) is 5.75. The maximum atomic E-state index is 12.2. The number of hydrogen-bond donors (Lipinski definition) is 0. The first-order chi connectivity index (χ1) is 15.4. The Labute approximate surface area is 192 Å². The molecule has 32 heavy (non-hydrogen) atoms. The Morgan fingerprint density at radius 3 is 2.47 bits per heavy atom. The Morgan fingerprint density at radius 1 is 1.09 bits per heavy atom. The Hall–Kier alpha value is -1.93. The number of hydrogen-bond acceptors (Lipinski definition) is 5. The number of ether oxygens (including phenoxy) is 2. The molecular weight excluding hydrogens is 424 g/mol. The normalized spacial score (nSPS) is 21.7. The molecule has 0 unspecified atom stereocenters. The number of nitrogens with zero attached hydrogens (tertiary/aromatic N) is 2. The molecule has 0 radical (unpaired) electrons. The van der Waals surface area contributed by atoms with Gasteiger partial charge in [-0.05, 0) is 43.9 Å². The Morgan fingerprint density at radius 2 is 1.78 bits per heavy atom. The molecule has 0 N–H and O–H groups in total. The van der Waals surface area contributed by atoms with Gasteiger partial charge in [-0.25, -0.2) is 8.42 Å². The lowest BCUT2D eigenvalue weighted by atomic mass is 9.82. The summed E-state index contributed by atoms with van der Waals surface area (Å²) in [4.78, 5) is 2.44. The van der Waals surface area contributed by atoms with E-state index >= 15 is 0 Å². The van der Waals surface area contributed by atoms with E-state index in [0.717, 1.165) is 56.8 Å². The van der Waals surface area contributed by atoms with E-state index in [4.69, 9.17) is 9.47 Å². The van der Waals surface area contributed by atoms with E-state index in [9.17, 15) is 8.42 Å². The van der Waals surface area contributed by atoms with Gasteiger partial charge in [0.15, 0.2) is 0 Å². The van der Waals surface area contributed by atoms with Crippen molar-refractivity contribution in [3.05, 3.63) is 60.2 Å². The Kier molecular flexibility index (Phi) is 7.20. The van der Waals surface area contributed by atoms with E-state index in [1.54, 1.807) is 4.31 Å². The average Bonchev–Trinajstić information content (AvgIpc) is 2.77. The van der Waals surface area contributed by atoms with Gasteiger partial charge in [-0.2, -0.15) is 4.31 Å². The molecule has 0 aliphatic carbocycles. The van der Waals surface area contributed by atoms with E-state index in [-0.39, 0.29) is 11.6 Å². The molecule has 174 valence electrons. The SMILES string of the molecule is CCN([C@H]1CCOC2(CCN(Cc3ccccc3Oc3ccccc3)CC2)C1)S(C)(=O)=O. The van der Waals surface area contributed by atoms with Gasteiger partial charge in [-0.15, -0.1) is 0 Å². The third kappa shape index (κ3) is 5.52. The quantitative estimate of drug-likeness (QED) is 0.620. The zero-order valence-electron chi connectivity index (χ0n) is 19.1. The summed E-state index contributed by atoms with van der Waals surface area (Å²) in [5.74, 6) is 1.73. The van der Waals surface area contributed by atoms with E-state index in [1.165, 1.54) is 11.8 Å². The molecule has 1 atom stereocenters. The molecular formula is C25H34N2O4S. The van der Waals surface area contributed by atoms with Crippen LogP contribution in [0.2, 0.25) is 0 Å².